The highest BCUT2D eigenvalue weighted by atomic mass is 35.5. The van der Waals surface area contributed by atoms with Crippen molar-refractivity contribution in [2.24, 2.45) is 0 Å². The lowest BCUT2D eigenvalue weighted by molar-refractivity contribution is 0.731. The molecular formula is C15H14ClN5. The van der Waals surface area contributed by atoms with Crippen LogP contribution in [-0.4, -0.2) is 26.7 Å². The lowest BCUT2D eigenvalue weighted by Crippen LogP contribution is -2.20. The van der Waals surface area contributed by atoms with Crippen molar-refractivity contribution in [3.8, 4) is 0 Å². The molecule has 1 fully saturated rings. The molecule has 21 heavy (non-hydrogen) atoms. The number of rotatable bonds is 4. The van der Waals surface area contributed by atoms with Gasteiger partial charge in [0.15, 0.2) is 5.65 Å². The molecule has 0 radical (unpaired) electrons. The van der Waals surface area contributed by atoms with Crippen molar-refractivity contribution in [2.75, 3.05) is 11.9 Å². The topological polar surface area (TPSA) is 66.5 Å². The monoisotopic (exact) mass is 299 g/mol. The van der Waals surface area contributed by atoms with Gasteiger partial charge in [-0.25, -0.2) is 9.97 Å². The Morgan fingerprint density at radius 3 is 2.90 bits per heavy atom. The summed E-state index contributed by atoms with van der Waals surface area (Å²) in [6.07, 6.45) is 5.57. The number of H-pyrrole nitrogens is 1. The van der Waals surface area contributed by atoms with Gasteiger partial charge in [-0.15, -0.1) is 0 Å². The summed E-state index contributed by atoms with van der Waals surface area (Å²) in [7, 11) is 0. The van der Waals surface area contributed by atoms with Gasteiger partial charge in [0.05, 0.1) is 11.6 Å². The molecule has 0 unspecified atom stereocenters. The number of aromatic amines is 1. The number of hydrogen-bond acceptors (Lipinski definition) is 4. The molecule has 1 aliphatic carbocycles. The van der Waals surface area contributed by atoms with E-state index in [2.05, 4.69) is 31.5 Å². The first-order valence-electron chi connectivity index (χ1n) is 6.91. The Morgan fingerprint density at radius 2 is 2.10 bits per heavy atom. The molecule has 0 amide bonds. The Hall–Kier alpha value is -2.14. The first-order valence-corrected chi connectivity index (χ1v) is 7.29. The molecule has 3 aromatic rings. The van der Waals surface area contributed by atoms with Gasteiger partial charge in [0, 0.05) is 17.0 Å². The third-order valence-corrected chi connectivity index (χ3v) is 4.47. The van der Waals surface area contributed by atoms with E-state index in [0.29, 0.717) is 0 Å². The molecule has 2 N–H and O–H groups in total. The van der Waals surface area contributed by atoms with E-state index in [9.17, 15) is 0 Å². The summed E-state index contributed by atoms with van der Waals surface area (Å²) in [6.45, 7) is 0.814. The summed E-state index contributed by atoms with van der Waals surface area (Å²) < 4.78 is 0. The van der Waals surface area contributed by atoms with E-state index in [0.717, 1.165) is 41.3 Å². The summed E-state index contributed by atoms with van der Waals surface area (Å²) in [6, 6.07) is 8.08. The minimum atomic E-state index is 0.124. The number of halogens is 1. The zero-order valence-corrected chi connectivity index (χ0v) is 12.1. The van der Waals surface area contributed by atoms with Gasteiger partial charge in [0.25, 0.3) is 0 Å². The molecule has 1 aromatic carbocycles. The Kier molecular flexibility index (Phi) is 2.82. The van der Waals surface area contributed by atoms with Crippen molar-refractivity contribution < 1.29 is 0 Å². The summed E-state index contributed by atoms with van der Waals surface area (Å²) in [5.41, 5.74) is 2.09. The number of hydrogen-bond donors (Lipinski definition) is 2. The Morgan fingerprint density at radius 1 is 1.24 bits per heavy atom. The van der Waals surface area contributed by atoms with Crippen LogP contribution in [0.25, 0.3) is 11.0 Å². The second-order valence-corrected chi connectivity index (χ2v) is 5.88. The first kappa shape index (κ1) is 12.6. The van der Waals surface area contributed by atoms with Crippen molar-refractivity contribution in [3.05, 3.63) is 47.4 Å². The molecule has 0 spiro atoms. The van der Waals surface area contributed by atoms with Gasteiger partial charge in [0.1, 0.15) is 12.1 Å². The minimum absolute atomic E-state index is 0.124. The fourth-order valence-corrected chi connectivity index (χ4v) is 3.08. The normalized spacial score (nSPS) is 16.0. The fraction of sp³-hybridized carbons (Fsp3) is 0.267. The van der Waals surface area contributed by atoms with Crippen molar-refractivity contribution >= 4 is 28.5 Å². The molecule has 1 aliphatic rings. The van der Waals surface area contributed by atoms with Crippen LogP contribution in [0.15, 0.2) is 36.8 Å². The SMILES string of the molecule is Clc1ccccc1C1(CNc2ncnc3[nH]ncc23)CC1. The molecule has 2 heterocycles. The van der Waals surface area contributed by atoms with Crippen molar-refractivity contribution in [2.45, 2.75) is 18.3 Å². The maximum Gasteiger partial charge on any atom is 0.160 e. The highest BCUT2D eigenvalue weighted by Gasteiger charge is 2.45. The molecule has 106 valence electrons. The summed E-state index contributed by atoms with van der Waals surface area (Å²) in [5, 5.41) is 12.0. The Bertz CT molecular complexity index is 793. The lowest BCUT2D eigenvalue weighted by atomic mass is 9.96. The second-order valence-electron chi connectivity index (χ2n) is 5.47. The van der Waals surface area contributed by atoms with Crippen molar-refractivity contribution in [1.29, 1.82) is 0 Å². The zero-order valence-electron chi connectivity index (χ0n) is 11.3. The number of nitrogens with one attached hydrogen (secondary N) is 2. The molecule has 0 aliphatic heterocycles. The smallest absolute Gasteiger partial charge is 0.160 e. The fourth-order valence-electron chi connectivity index (χ4n) is 2.74. The standard InChI is InChI=1S/C15H14ClN5/c16-12-4-2-1-3-11(12)15(5-6-15)8-17-13-10-7-20-21-14(10)19-9-18-13/h1-4,7,9H,5-6,8H2,(H2,17,18,19,20,21). The quantitative estimate of drug-likeness (QED) is 0.776. The molecule has 6 heteroatoms. The van der Waals surface area contributed by atoms with Gasteiger partial charge in [-0.05, 0) is 24.5 Å². The number of fused-ring (bicyclic) bond motifs is 1. The molecule has 0 saturated heterocycles. The largest absolute Gasteiger partial charge is 0.368 e. The van der Waals surface area contributed by atoms with Crippen LogP contribution in [0.2, 0.25) is 5.02 Å². The maximum absolute atomic E-state index is 6.34. The van der Waals surface area contributed by atoms with Crippen LogP contribution < -0.4 is 5.32 Å². The van der Waals surface area contributed by atoms with Gasteiger partial charge in [-0.3, -0.25) is 5.10 Å². The van der Waals surface area contributed by atoms with Gasteiger partial charge in [-0.2, -0.15) is 5.10 Å². The Balaban J connectivity index is 1.60. The average Bonchev–Trinajstić information content (AvgIpc) is 3.13. The van der Waals surface area contributed by atoms with E-state index in [4.69, 9.17) is 11.6 Å². The van der Waals surface area contributed by atoms with Crippen LogP contribution in [0.3, 0.4) is 0 Å². The maximum atomic E-state index is 6.34. The zero-order chi connectivity index (χ0) is 14.3. The van der Waals surface area contributed by atoms with E-state index < -0.39 is 0 Å². The first-order chi connectivity index (χ1) is 10.3. The van der Waals surface area contributed by atoms with Gasteiger partial charge < -0.3 is 5.32 Å². The van der Waals surface area contributed by atoms with Gasteiger partial charge >= 0.3 is 0 Å². The van der Waals surface area contributed by atoms with Gasteiger partial charge in [0.2, 0.25) is 0 Å². The third-order valence-electron chi connectivity index (χ3n) is 4.14. The minimum Gasteiger partial charge on any atom is -0.368 e. The summed E-state index contributed by atoms with van der Waals surface area (Å²) in [4.78, 5) is 8.45. The predicted molar refractivity (Wildman–Crippen MR) is 82.5 cm³/mol. The van der Waals surface area contributed by atoms with Crippen molar-refractivity contribution in [3.63, 3.8) is 0 Å². The summed E-state index contributed by atoms with van der Waals surface area (Å²) in [5.74, 6) is 0.812. The molecular weight excluding hydrogens is 286 g/mol. The van der Waals surface area contributed by atoms with Crippen LogP contribution in [-0.2, 0) is 5.41 Å². The highest BCUT2D eigenvalue weighted by molar-refractivity contribution is 6.31. The van der Waals surface area contributed by atoms with Gasteiger partial charge in [-0.1, -0.05) is 29.8 Å². The van der Waals surface area contributed by atoms with Crippen molar-refractivity contribution in [1.82, 2.24) is 20.2 Å². The van der Waals surface area contributed by atoms with Crippen LogP contribution in [0.4, 0.5) is 5.82 Å². The van der Waals surface area contributed by atoms with E-state index in [-0.39, 0.29) is 5.41 Å². The van der Waals surface area contributed by atoms with E-state index >= 15 is 0 Å². The van der Waals surface area contributed by atoms with E-state index in [1.807, 2.05) is 18.2 Å². The number of aromatic nitrogens is 4. The van der Waals surface area contributed by atoms with E-state index in [1.165, 1.54) is 11.9 Å². The second kappa shape index (κ2) is 4.70. The predicted octanol–water partition coefficient (Wildman–Crippen LogP) is 3.15. The third kappa shape index (κ3) is 2.14. The molecule has 2 aromatic heterocycles. The number of anilines is 1. The van der Waals surface area contributed by atoms with Crippen LogP contribution in [0.5, 0.6) is 0 Å². The lowest BCUT2D eigenvalue weighted by Gasteiger charge is -2.18. The molecule has 4 rings (SSSR count). The average molecular weight is 300 g/mol. The molecule has 1 saturated carbocycles. The number of benzene rings is 1. The summed E-state index contributed by atoms with van der Waals surface area (Å²) >= 11 is 6.34. The molecule has 0 bridgehead atoms. The van der Waals surface area contributed by atoms with E-state index in [1.54, 1.807) is 6.20 Å². The molecule has 0 atom stereocenters. The van der Waals surface area contributed by atoms with Crippen LogP contribution in [0.1, 0.15) is 18.4 Å². The number of nitrogens with zero attached hydrogens (tertiary/aromatic N) is 3. The molecule has 5 nitrogen and oxygen atoms in total. The van der Waals surface area contributed by atoms with Crippen LogP contribution in [0, 0.1) is 0 Å². The van der Waals surface area contributed by atoms with Crippen LogP contribution >= 0.6 is 11.6 Å². The highest BCUT2D eigenvalue weighted by Crippen LogP contribution is 2.50. The Labute approximate surface area is 126 Å².